The van der Waals surface area contributed by atoms with Gasteiger partial charge in [0.15, 0.2) is 5.82 Å². The van der Waals surface area contributed by atoms with Gasteiger partial charge in [0.1, 0.15) is 0 Å². The summed E-state index contributed by atoms with van der Waals surface area (Å²) in [4.78, 5) is 18.8. The van der Waals surface area contributed by atoms with Crippen LogP contribution < -0.4 is 15.8 Å². The van der Waals surface area contributed by atoms with Gasteiger partial charge in [-0.2, -0.15) is 0 Å². The molecule has 1 aliphatic heterocycles. The zero-order valence-corrected chi connectivity index (χ0v) is 11.6. The lowest BCUT2D eigenvalue weighted by Gasteiger charge is -2.33. The Kier molecular flexibility index (Phi) is 3.43. The minimum atomic E-state index is -0.214. The fourth-order valence-corrected chi connectivity index (χ4v) is 2.27. The molecule has 1 aliphatic rings. The molecule has 0 amide bonds. The maximum absolute atomic E-state index is 12.5. The van der Waals surface area contributed by atoms with Crippen LogP contribution in [0.25, 0.3) is 0 Å². The molecule has 0 aromatic carbocycles. The minimum Gasteiger partial charge on any atom is -0.349 e. The molecule has 5 nitrogen and oxygen atoms in total. The third-order valence-corrected chi connectivity index (χ3v) is 3.21. The van der Waals surface area contributed by atoms with Gasteiger partial charge >= 0.3 is 0 Å². The van der Waals surface area contributed by atoms with Crippen molar-refractivity contribution in [3.05, 3.63) is 22.7 Å². The molecule has 0 saturated carbocycles. The molecule has 2 rings (SSSR count). The Morgan fingerprint density at radius 1 is 1.44 bits per heavy atom. The second-order valence-corrected chi connectivity index (χ2v) is 5.90. The van der Waals surface area contributed by atoms with Gasteiger partial charge in [0.2, 0.25) is 0 Å². The summed E-state index contributed by atoms with van der Waals surface area (Å²) >= 11 is 0. The molecule has 1 aromatic rings. The van der Waals surface area contributed by atoms with E-state index in [9.17, 15) is 4.79 Å². The van der Waals surface area contributed by atoms with Crippen LogP contribution in [0, 0.1) is 0 Å². The second-order valence-electron chi connectivity index (χ2n) is 5.90. The van der Waals surface area contributed by atoms with Crippen LogP contribution in [0.2, 0.25) is 0 Å². The van der Waals surface area contributed by atoms with Gasteiger partial charge in [0, 0.05) is 43.6 Å². The van der Waals surface area contributed by atoms with E-state index in [2.05, 4.69) is 22.1 Å². The number of nitrogens with one attached hydrogen (secondary N) is 1. The summed E-state index contributed by atoms with van der Waals surface area (Å²) < 4.78 is 1.75. The van der Waals surface area contributed by atoms with Crippen molar-refractivity contribution in [3.8, 4) is 0 Å². The molecule has 18 heavy (non-hydrogen) atoms. The Bertz CT molecular complexity index is 475. The van der Waals surface area contributed by atoms with E-state index in [1.54, 1.807) is 17.0 Å². The van der Waals surface area contributed by atoms with Crippen LogP contribution in [-0.4, -0.2) is 35.2 Å². The predicted octanol–water partition coefficient (Wildman–Crippen LogP) is 0.796. The average molecular weight is 250 g/mol. The van der Waals surface area contributed by atoms with E-state index >= 15 is 0 Å². The highest BCUT2D eigenvalue weighted by Crippen LogP contribution is 2.13. The minimum absolute atomic E-state index is 0.000833. The molecule has 1 atom stereocenters. The van der Waals surface area contributed by atoms with Crippen LogP contribution in [-0.2, 0) is 5.54 Å². The van der Waals surface area contributed by atoms with Crippen molar-refractivity contribution >= 4 is 5.82 Å². The van der Waals surface area contributed by atoms with Crippen molar-refractivity contribution in [2.24, 2.45) is 0 Å². The normalized spacial score (nSPS) is 21.1. The molecular weight excluding hydrogens is 228 g/mol. The molecule has 100 valence electrons. The van der Waals surface area contributed by atoms with Crippen LogP contribution in [0.5, 0.6) is 0 Å². The van der Waals surface area contributed by atoms with Crippen molar-refractivity contribution in [1.29, 1.82) is 0 Å². The molecule has 1 saturated heterocycles. The highest BCUT2D eigenvalue weighted by atomic mass is 16.1. The van der Waals surface area contributed by atoms with Gasteiger partial charge in [-0.3, -0.25) is 4.79 Å². The van der Waals surface area contributed by atoms with Crippen LogP contribution >= 0.6 is 0 Å². The summed E-state index contributed by atoms with van der Waals surface area (Å²) in [5.41, 5.74) is -0.215. The first kappa shape index (κ1) is 13.1. The zero-order valence-electron chi connectivity index (χ0n) is 11.6. The van der Waals surface area contributed by atoms with Crippen molar-refractivity contribution in [2.45, 2.75) is 39.3 Å². The Balaban J connectivity index is 2.37. The molecule has 0 spiro atoms. The van der Waals surface area contributed by atoms with Crippen LogP contribution in [0.4, 0.5) is 5.82 Å². The third-order valence-electron chi connectivity index (χ3n) is 3.21. The summed E-state index contributed by atoms with van der Waals surface area (Å²) in [5.74, 6) is 0.570. The number of aromatic nitrogens is 2. The van der Waals surface area contributed by atoms with Crippen molar-refractivity contribution in [1.82, 2.24) is 14.9 Å². The quantitative estimate of drug-likeness (QED) is 0.801. The lowest BCUT2D eigenvalue weighted by atomic mass is 10.1. The topological polar surface area (TPSA) is 50.2 Å². The van der Waals surface area contributed by atoms with Gasteiger partial charge in [-0.1, -0.05) is 0 Å². The summed E-state index contributed by atoms with van der Waals surface area (Å²) in [6, 6.07) is 0.392. The van der Waals surface area contributed by atoms with Crippen LogP contribution in [0.1, 0.15) is 27.7 Å². The lowest BCUT2D eigenvalue weighted by molar-refractivity contribution is 0.381. The smallest absolute Gasteiger partial charge is 0.293 e. The molecule has 5 heteroatoms. The number of hydrogen-bond acceptors (Lipinski definition) is 4. The van der Waals surface area contributed by atoms with Gasteiger partial charge in [-0.15, -0.1) is 0 Å². The first-order valence-corrected chi connectivity index (χ1v) is 6.46. The molecule has 0 aliphatic carbocycles. The van der Waals surface area contributed by atoms with Crippen molar-refractivity contribution in [2.75, 3.05) is 24.5 Å². The highest BCUT2D eigenvalue weighted by molar-refractivity contribution is 5.37. The van der Waals surface area contributed by atoms with E-state index in [1.165, 1.54) is 0 Å². The van der Waals surface area contributed by atoms with E-state index in [1.807, 2.05) is 20.8 Å². The maximum Gasteiger partial charge on any atom is 0.293 e. The largest absolute Gasteiger partial charge is 0.349 e. The van der Waals surface area contributed by atoms with Crippen molar-refractivity contribution < 1.29 is 0 Å². The van der Waals surface area contributed by atoms with Crippen LogP contribution in [0.3, 0.4) is 0 Å². The fourth-order valence-electron chi connectivity index (χ4n) is 2.27. The van der Waals surface area contributed by atoms with Gasteiger partial charge in [-0.25, -0.2) is 4.98 Å². The summed E-state index contributed by atoms with van der Waals surface area (Å²) in [6.07, 6.45) is 3.48. The molecule has 0 bridgehead atoms. The van der Waals surface area contributed by atoms with Gasteiger partial charge in [-0.05, 0) is 27.7 Å². The third kappa shape index (κ3) is 2.56. The number of anilines is 1. The van der Waals surface area contributed by atoms with Crippen LogP contribution in [0.15, 0.2) is 17.2 Å². The van der Waals surface area contributed by atoms with E-state index in [4.69, 9.17) is 0 Å². The Morgan fingerprint density at radius 2 is 2.17 bits per heavy atom. The molecular formula is C13H22N4O. The Morgan fingerprint density at radius 3 is 2.78 bits per heavy atom. The molecule has 0 radical (unpaired) electrons. The fraction of sp³-hybridized carbons (Fsp3) is 0.692. The number of rotatable bonds is 1. The van der Waals surface area contributed by atoms with E-state index in [0.29, 0.717) is 11.9 Å². The standard InChI is InChI=1S/C13H22N4O/c1-10-9-16(7-5-14-10)11-12(18)17(8-6-15-11)13(2,3)4/h6,8,10,14H,5,7,9H2,1-4H3/t10-/m1/s1. The molecule has 2 heterocycles. The Labute approximate surface area is 108 Å². The Hall–Kier alpha value is -1.36. The summed E-state index contributed by atoms with van der Waals surface area (Å²) in [7, 11) is 0. The van der Waals surface area contributed by atoms with Gasteiger partial charge < -0.3 is 14.8 Å². The van der Waals surface area contributed by atoms with Gasteiger partial charge in [0.25, 0.3) is 5.56 Å². The molecule has 1 aromatic heterocycles. The van der Waals surface area contributed by atoms with E-state index in [0.717, 1.165) is 19.6 Å². The van der Waals surface area contributed by atoms with E-state index in [-0.39, 0.29) is 11.1 Å². The maximum atomic E-state index is 12.5. The highest BCUT2D eigenvalue weighted by Gasteiger charge is 2.22. The number of hydrogen-bond donors (Lipinski definition) is 1. The summed E-state index contributed by atoms with van der Waals surface area (Å²) in [6.45, 7) is 10.8. The monoisotopic (exact) mass is 250 g/mol. The van der Waals surface area contributed by atoms with E-state index < -0.39 is 0 Å². The first-order valence-electron chi connectivity index (χ1n) is 6.46. The zero-order chi connectivity index (χ0) is 13.3. The predicted molar refractivity (Wildman–Crippen MR) is 73.2 cm³/mol. The second kappa shape index (κ2) is 4.72. The summed E-state index contributed by atoms with van der Waals surface area (Å²) in [5, 5.41) is 3.37. The number of piperazine rings is 1. The van der Waals surface area contributed by atoms with Gasteiger partial charge in [0.05, 0.1) is 0 Å². The lowest BCUT2D eigenvalue weighted by Crippen LogP contribution is -2.51. The average Bonchev–Trinajstić information content (AvgIpc) is 2.27. The first-order chi connectivity index (χ1) is 8.39. The SMILES string of the molecule is C[C@@H]1CN(c2nccn(C(C)(C)C)c2=O)CCN1. The van der Waals surface area contributed by atoms with Crippen molar-refractivity contribution in [3.63, 3.8) is 0 Å². The molecule has 0 unspecified atom stereocenters. The molecule has 1 fully saturated rings. The number of nitrogens with zero attached hydrogens (tertiary/aromatic N) is 3. The molecule has 1 N–H and O–H groups in total.